The first-order valence-electron chi connectivity index (χ1n) is 12.3. The molecule has 0 aliphatic heterocycles. The van der Waals surface area contributed by atoms with Crippen molar-refractivity contribution in [3.63, 3.8) is 0 Å². The molecule has 0 radical (unpaired) electrons. The third-order valence-corrected chi connectivity index (χ3v) is 8.14. The number of hydrogen-bond donors (Lipinski definition) is 4. The summed E-state index contributed by atoms with van der Waals surface area (Å²) in [6.07, 6.45) is 1.09. The van der Waals surface area contributed by atoms with Crippen LogP contribution in [-0.4, -0.2) is 49.5 Å². The fourth-order valence-corrected chi connectivity index (χ4v) is 6.19. The van der Waals surface area contributed by atoms with Gasteiger partial charge in [0, 0.05) is 27.7 Å². The SMILES string of the molecule is CC(=O)c1c(O)cc2c(c1C)C(=O)C=C(C1(C)c3cc(O)c(C(=O)O)c(C)c3C(=O)c3c1ccc(C)c3O)C2=O. The summed E-state index contributed by atoms with van der Waals surface area (Å²) in [6, 6.07) is 5.24. The zero-order valence-electron chi connectivity index (χ0n) is 22.2. The number of carbonyl (C=O) groups is 5. The lowest BCUT2D eigenvalue weighted by atomic mass is 9.59. The topological polar surface area (TPSA) is 166 Å². The molecule has 2 aliphatic rings. The molecule has 0 spiro atoms. The van der Waals surface area contributed by atoms with Crippen LogP contribution >= 0.6 is 0 Å². The molecule has 0 amide bonds. The Labute approximate surface area is 228 Å². The van der Waals surface area contributed by atoms with Gasteiger partial charge in [0.25, 0.3) is 0 Å². The van der Waals surface area contributed by atoms with Crippen molar-refractivity contribution in [2.24, 2.45) is 0 Å². The number of fused-ring (bicyclic) bond motifs is 3. The van der Waals surface area contributed by atoms with Gasteiger partial charge in [-0.05, 0) is 80.6 Å². The van der Waals surface area contributed by atoms with Crippen molar-refractivity contribution in [2.45, 2.75) is 40.0 Å². The van der Waals surface area contributed by atoms with Crippen LogP contribution in [0.3, 0.4) is 0 Å². The molecule has 0 heterocycles. The fourth-order valence-electron chi connectivity index (χ4n) is 6.19. The molecule has 0 fully saturated rings. The third kappa shape index (κ3) is 3.24. The van der Waals surface area contributed by atoms with E-state index in [0.29, 0.717) is 5.56 Å². The number of aromatic carboxylic acids is 1. The van der Waals surface area contributed by atoms with Crippen molar-refractivity contribution >= 4 is 29.1 Å². The number of aryl methyl sites for hydroxylation is 1. The second-order valence-electron chi connectivity index (χ2n) is 10.4. The van der Waals surface area contributed by atoms with Gasteiger partial charge in [-0.15, -0.1) is 0 Å². The number of Topliss-reactive ketones (excluding diaryl/α,β-unsaturated/α-hetero) is 2. The molecule has 3 aromatic rings. The van der Waals surface area contributed by atoms with E-state index in [1.807, 2.05) is 0 Å². The second kappa shape index (κ2) is 8.47. The number of phenolic OH excluding ortho intramolecular Hbond substituents is 2. The van der Waals surface area contributed by atoms with E-state index >= 15 is 0 Å². The number of carbonyl (C=O) groups excluding carboxylic acids is 4. The van der Waals surface area contributed by atoms with Crippen LogP contribution in [0.4, 0.5) is 0 Å². The molecule has 9 nitrogen and oxygen atoms in total. The Bertz CT molecular complexity index is 1820. The maximum Gasteiger partial charge on any atom is 0.339 e. The lowest BCUT2D eigenvalue weighted by Gasteiger charge is -2.41. The van der Waals surface area contributed by atoms with Crippen LogP contribution in [0.2, 0.25) is 0 Å². The van der Waals surface area contributed by atoms with E-state index in [2.05, 4.69) is 0 Å². The van der Waals surface area contributed by atoms with Crippen molar-refractivity contribution in [2.75, 3.05) is 0 Å². The standard InChI is InChI=1S/C31H24O9/c1-11-6-7-16-26(27(11)36)29(38)24-13(3)25(30(39)40)21(35)9-17(24)31(16,5)18-10-20(34)23-12(2)22(14(4)32)19(33)8-15(23)28(18)37/h6-10,33,35-36H,1-5H3,(H,39,40). The van der Waals surface area contributed by atoms with E-state index in [9.17, 15) is 44.4 Å². The zero-order valence-corrected chi connectivity index (χ0v) is 22.2. The fraction of sp³-hybridized carbons (Fsp3) is 0.194. The number of allylic oxidation sites excluding steroid dienone is 2. The minimum atomic E-state index is -1.63. The van der Waals surface area contributed by atoms with Gasteiger partial charge < -0.3 is 20.4 Å². The van der Waals surface area contributed by atoms with Crippen molar-refractivity contribution in [1.82, 2.24) is 0 Å². The maximum atomic E-state index is 14.1. The Morgan fingerprint density at radius 2 is 1.38 bits per heavy atom. The number of ketones is 4. The Morgan fingerprint density at radius 3 is 1.98 bits per heavy atom. The minimum Gasteiger partial charge on any atom is -0.507 e. The third-order valence-electron chi connectivity index (χ3n) is 8.14. The smallest absolute Gasteiger partial charge is 0.339 e. The number of benzene rings is 3. The molecule has 0 saturated carbocycles. The van der Waals surface area contributed by atoms with Crippen LogP contribution in [0.15, 0.2) is 35.9 Å². The Hall–Kier alpha value is -5.05. The van der Waals surface area contributed by atoms with Gasteiger partial charge in [-0.25, -0.2) is 4.79 Å². The van der Waals surface area contributed by atoms with Crippen LogP contribution < -0.4 is 0 Å². The van der Waals surface area contributed by atoms with E-state index in [4.69, 9.17) is 0 Å². The highest BCUT2D eigenvalue weighted by atomic mass is 16.4. The van der Waals surface area contributed by atoms with E-state index in [-0.39, 0.29) is 61.4 Å². The Balaban J connectivity index is 1.91. The zero-order chi connectivity index (χ0) is 29.6. The summed E-state index contributed by atoms with van der Waals surface area (Å²) < 4.78 is 0. The van der Waals surface area contributed by atoms with Gasteiger partial charge in [0.05, 0.1) is 11.1 Å². The van der Waals surface area contributed by atoms with Gasteiger partial charge in [-0.2, -0.15) is 0 Å². The second-order valence-corrected chi connectivity index (χ2v) is 10.4. The predicted octanol–water partition coefficient (Wildman–Crippen LogP) is 4.49. The lowest BCUT2D eigenvalue weighted by Crippen LogP contribution is -2.40. The minimum absolute atomic E-state index is 0.0420. The number of aromatic hydroxyl groups is 3. The summed E-state index contributed by atoms with van der Waals surface area (Å²) in [6.45, 7) is 7.16. The molecule has 2 aliphatic carbocycles. The van der Waals surface area contributed by atoms with Gasteiger partial charge in [0.1, 0.15) is 22.8 Å². The number of carboxylic acids is 1. The van der Waals surface area contributed by atoms with Crippen molar-refractivity contribution in [3.8, 4) is 17.2 Å². The van der Waals surface area contributed by atoms with E-state index in [1.165, 1.54) is 20.8 Å². The summed E-state index contributed by atoms with van der Waals surface area (Å²) in [7, 11) is 0. The molecule has 3 aromatic carbocycles. The van der Waals surface area contributed by atoms with Crippen molar-refractivity contribution < 1.29 is 44.4 Å². The van der Waals surface area contributed by atoms with Gasteiger partial charge in [0.2, 0.25) is 0 Å². The molecule has 0 saturated heterocycles. The number of hydrogen-bond acceptors (Lipinski definition) is 8. The van der Waals surface area contributed by atoms with Gasteiger partial charge >= 0.3 is 5.97 Å². The summed E-state index contributed by atoms with van der Waals surface area (Å²) >= 11 is 0. The molecular weight excluding hydrogens is 516 g/mol. The first-order chi connectivity index (χ1) is 18.6. The van der Waals surface area contributed by atoms with Crippen LogP contribution in [0.5, 0.6) is 17.2 Å². The van der Waals surface area contributed by atoms with Crippen molar-refractivity contribution in [1.29, 1.82) is 0 Å². The first-order valence-corrected chi connectivity index (χ1v) is 12.3. The van der Waals surface area contributed by atoms with Gasteiger partial charge in [-0.3, -0.25) is 19.2 Å². The lowest BCUT2D eigenvalue weighted by molar-refractivity contribution is 0.0692. The Morgan fingerprint density at radius 1 is 0.775 bits per heavy atom. The molecule has 1 unspecified atom stereocenters. The highest BCUT2D eigenvalue weighted by Crippen LogP contribution is 2.53. The average Bonchev–Trinajstić information content (AvgIpc) is 2.85. The molecule has 0 aromatic heterocycles. The summed E-state index contributed by atoms with van der Waals surface area (Å²) in [4.78, 5) is 65.6. The predicted molar refractivity (Wildman–Crippen MR) is 142 cm³/mol. The number of phenols is 3. The van der Waals surface area contributed by atoms with Crippen LogP contribution in [0.25, 0.3) is 0 Å². The molecule has 5 rings (SSSR count). The maximum absolute atomic E-state index is 14.1. The Kier molecular flexibility index (Phi) is 5.63. The average molecular weight is 541 g/mol. The highest BCUT2D eigenvalue weighted by Gasteiger charge is 2.50. The van der Waals surface area contributed by atoms with Crippen LogP contribution in [-0.2, 0) is 5.41 Å². The van der Waals surface area contributed by atoms with Crippen LogP contribution in [0, 0.1) is 20.8 Å². The molecule has 1 atom stereocenters. The molecule has 40 heavy (non-hydrogen) atoms. The molecular formula is C31H24O9. The number of carboxylic acid groups (broad SMARTS) is 1. The van der Waals surface area contributed by atoms with E-state index in [1.54, 1.807) is 26.0 Å². The molecule has 4 N–H and O–H groups in total. The summed E-state index contributed by atoms with van der Waals surface area (Å²) in [5.74, 6) is -5.43. The van der Waals surface area contributed by atoms with Gasteiger partial charge in [-0.1, -0.05) is 12.1 Å². The molecule has 0 bridgehead atoms. The first kappa shape index (κ1) is 26.6. The highest BCUT2D eigenvalue weighted by molar-refractivity contribution is 6.28. The normalized spacial score (nSPS) is 17.6. The van der Waals surface area contributed by atoms with Crippen molar-refractivity contribution in [3.05, 3.63) is 97.1 Å². The molecule has 202 valence electrons. The summed E-state index contributed by atoms with van der Waals surface area (Å²) in [5.41, 5.74) is -2.13. The largest absolute Gasteiger partial charge is 0.507 e. The summed E-state index contributed by atoms with van der Waals surface area (Å²) in [5, 5.41) is 42.0. The quantitative estimate of drug-likeness (QED) is 0.350. The van der Waals surface area contributed by atoms with Gasteiger partial charge in [0.15, 0.2) is 23.1 Å². The van der Waals surface area contributed by atoms with E-state index in [0.717, 1.165) is 18.2 Å². The monoisotopic (exact) mass is 540 g/mol. The van der Waals surface area contributed by atoms with Crippen LogP contribution in [0.1, 0.15) is 99.0 Å². The number of rotatable bonds is 3. The molecule has 9 heteroatoms. The van der Waals surface area contributed by atoms with E-state index < -0.39 is 51.6 Å².